The molecule has 25 heavy (non-hydrogen) atoms. The number of aryl methyl sites for hydroxylation is 1. The minimum absolute atomic E-state index is 0.0276. The SMILES string of the molecule is CCCc1nc2c(c(=O)[nH]1)CN(Cc1c[nH]c3ccc(Br)cc13)CC2. The Hall–Kier alpha value is -1.92. The minimum Gasteiger partial charge on any atom is -0.361 e. The van der Waals surface area contributed by atoms with Crippen molar-refractivity contribution in [3.05, 3.63) is 61.9 Å². The molecule has 0 radical (unpaired) electrons. The van der Waals surface area contributed by atoms with Crippen molar-refractivity contribution in [2.75, 3.05) is 6.54 Å². The Bertz CT molecular complexity index is 975. The molecule has 0 amide bonds. The third-order valence-corrected chi connectivity index (χ3v) is 5.30. The second-order valence-corrected chi connectivity index (χ2v) is 7.57. The number of hydrogen-bond acceptors (Lipinski definition) is 3. The Morgan fingerprint density at radius 2 is 2.24 bits per heavy atom. The van der Waals surface area contributed by atoms with E-state index in [0.29, 0.717) is 6.54 Å². The Morgan fingerprint density at radius 1 is 1.36 bits per heavy atom. The maximum absolute atomic E-state index is 12.4. The van der Waals surface area contributed by atoms with Gasteiger partial charge in [-0.25, -0.2) is 4.98 Å². The van der Waals surface area contributed by atoms with Crippen LogP contribution in [0.15, 0.2) is 33.7 Å². The van der Waals surface area contributed by atoms with E-state index >= 15 is 0 Å². The molecule has 0 fully saturated rings. The number of halogens is 1. The number of benzene rings is 1. The molecule has 2 aromatic heterocycles. The van der Waals surface area contributed by atoms with Gasteiger partial charge < -0.3 is 9.97 Å². The first-order chi connectivity index (χ1) is 12.1. The molecule has 4 rings (SSSR count). The molecule has 1 aliphatic heterocycles. The first-order valence-corrected chi connectivity index (χ1v) is 9.52. The molecule has 0 atom stereocenters. The lowest BCUT2D eigenvalue weighted by atomic mass is 10.1. The number of hydrogen-bond donors (Lipinski definition) is 2. The van der Waals surface area contributed by atoms with Gasteiger partial charge in [0, 0.05) is 54.0 Å². The van der Waals surface area contributed by atoms with Crippen LogP contribution in [0.1, 0.15) is 36.0 Å². The normalized spacial score (nSPS) is 14.8. The van der Waals surface area contributed by atoms with Crippen LogP contribution in [0.5, 0.6) is 0 Å². The van der Waals surface area contributed by atoms with Crippen LogP contribution in [0, 0.1) is 0 Å². The number of aromatic amines is 2. The second-order valence-electron chi connectivity index (χ2n) is 6.65. The summed E-state index contributed by atoms with van der Waals surface area (Å²) in [7, 11) is 0. The molecule has 3 heterocycles. The van der Waals surface area contributed by atoms with E-state index in [9.17, 15) is 4.79 Å². The van der Waals surface area contributed by atoms with E-state index in [0.717, 1.165) is 59.4 Å². The zero-order valence-corrected chi connectivity index (χ0v) is 15.8. The average Bonchev–Trinajstić information content (AvgIpc) is 2.98. The molecule has 0 saturated carbocycles. The van der Waals surface area contributed by atoms with Crippen molar-refractivity contribution >= 4 is 26.8 Å². The van der Waals surface area contributed by atoms with Gasteiger partial charge in [0.15, 0.2) is 0 Å². The monoisotopic (exact) mass is 400 g/mol. The summed E-state index contributed by atoms with van der Waals surface area (Å²) < 4.78 is 1.08. The van der Waals surface area contributed by atoms with E-state index in [-0.39, 0.29) is 5.56 Å². The third kappa shape index (κ3) is 3.28. The van der Waals surface area contributed by atoms with Crippen LogP contribution in [0.3, 0.4) is 0 Å². The molecule has 3 aromatic rings. The van der Waals surface area contributed by atoms with Gasteiger partial charge in [0.05, 0.1) is 11.3 Å². The van der Waals surface area contributed by atoms with E-state index in [1.54, 1.807) is 0 Å². The van der Waals surface area contributed by atoms with Gasteiger partial charge in [-0.2, -0.15) is 0 Å². The summed E-state index contributed by atoms with van der Waals surface area (Å²) in [5, 5.41) is 1.23. The maximum Gasteiger partial charge on any atom is 0.255 e. The summed E-state index contributed by atoms with van der Waals surface area (Å²) in [5.74, 6) is 0.821. The van der Waals surface area contributed by atoms with E-state index in [1.165, 1.54) is 10.9 Å². The maximum atomic E-state index is 12.4. The van der Waals surface area contributed by atoms with Crippen molar-refractivity contribution < 1.29 is 0 Å². The molecule has 0 spiro atoms. The molecule has 0 saturated heterocycles. The van der Waals surface area contributed by atoms with Gasteiger partial charge >= 0.3 is 0 Å². The summed E-state index contributed by atoms with van der Waals surface area (Å²) in [5.41, 5.74) is 4.23. The number of H-pyrrole nitrogens is 2. The summed E-state index contributed by atoms with van der Waals surface area (Å²) >= 11 is 3.55. The Morgan fingerprint density at radius 3 is 3.08 bits per heavy atom. The highest BCUT2D eigenvalue weighted by Gasteiger charge is 2.21. The highest BCUT2D eigenvalue weighted by atomic mass is 79.9. The van der Waals surface area contributed by atoms with Crippen molar-refractivity contribution in [1.29, 1.82) is 0 Å². The molecule has 5 nitrogen and oxygen atoms in total. The first-order valence-electron chi connectivity index (χ1n) is 8.73. The van der Waals surface area contributed by atoms with Crippen molar-refractivity contribution in [2.45, 2.75) is 39.3 Å². The molecule has 6 heteroatoms. The Balaban J connectivity index is 1.58. The summed E-state index contributed by atoms with van der Waals surface area (Å²) in [4.78, 5) is 25.7. The number of rotatable bonds is 4. The molecule has 0 aliphatic carbocycles. The van der Waals surface area contributed by atoms with Crippen LogP contribution in [-0.2, 0) is 25.9 Å². The predicted octanol–water partition coefficient (Wildman–Crippen LogP) is 3.52. The minimum atomic E-state index is 0.0276. The van der Waals surface area contributed by atoms with Gasteiger partial charge in [-0.1, -0.05) is 22.9 Å². The summed E-state index contributed by atoms with van der Waals surface area (Å²) in [6.07, 6.45) is 4.72. The largest absolute Gasteiger partial charge is 0.361 e. The van der Waals surface area contributed by atoms with E-state index in [2.05, 4.69) is 61.0 Å². The van der Waals surface area contributed by atoms with E-state index < -0.39 is 0 Å². The second kappa shape index (κ2) is 6.77. The van der Waals surface area contributed by atoms with E-state index in [4.69, 9.17) is 0 Å². The van der Waals surface area contributed by atoms with Crippen molar-refractivity contribution in [3.8, 4) is 0 Å². The third-order valence-electron chi connectivity index (χ3n) is 4.81. The average molecular weight is 401 g/mol. The Labute approximate surface area is 154 Å². The van der Waals surface area contributed by atoms with E-state index in [1.807, 2.05) is 6.07 Å². The van der Waals surface area contributed by atoms with Crippen LogP contribution in [0.4, 0.5) is 0 Å². The predicted molar refractivity (Wildman–Crippen MR) is 103 cm³/mol. The van der Waals surface area contributed by atoms with Gasteiger partial charge in [-0.15, -0.1) is 0 Å². The van der Waals surface area contributed by atoms with Crippen molar-refractivity contribution in [3.63, 3.8) is 0 Å². The number of nitrogens with zero attached hydrogens (tertiary/aromatic N) is 2. The number of aromatic nitrogens is 3. The highest BCUT2D eigenvalue weighted by Crippen LogP contribution is 2.25. The molecule has 2 N–H and O–H groups in total. The number of nitrogens with one attached hydrogen (secondary N) is 2. The molecule has 0 unspecified atom stereocenters. The van der Waals surface area contributed by atoms with Crippen LogP contribution in [0.25, 0.3) is 10.9 Å². The van der Waals surface area contributed by atoms with Gasteiger partial charge in [-0.3, -0.25) is 9.69 Å². The molecular formula is C19H21BrN4O. The zero-order valence-electron chi connectivity index (χ0n) is 14.2. The topological polar surface area (TPSA) is 64.8 Å². The van der Waals surface area contributed by atoms with Gasteiger partial charge in [0.25, 0.3) is 5.56 Å². The Kier molecular flexibility index (Phi) is 4.48. The fourth-order valence-corrected chi connectivity index (χ4v) is 3.91. The van der Waals surface area contributed by atoms with Crippen LogP contribution >= 0.6 is 15.9 Å². The lowest BCUT2D eigenvalue weighted by Gasteiger charge is -2.27. The van der Waals surface area contributed by atoms with Crippen molar-refractivity contribution in [2.24, 2.45) is 0 Å². The lowest BCUT2D eigenvalue weighted by molar-refractivity contribution is 0.242. The summed E-state index contributed by atoms with van der Waals surface area (Å²) in [6.45, 7) is 4.51. The smallest absolute Gasteiger partial charge is 0.255 e. The molecule has 1 aliphatic rings. The van der Waals surface area contributed by atoms with Gasteiger partial charge in [0.1, 0.15) is 5.82 Å². The fourth-order valence-electron chi connectivity index (χ4n) is 3.54. The van der Waals surface area contributed by atoms with Crippen LogP contribution < -0.4 is 5.56 Å². The molecule has 0 bridgehead atoms. The molecular weight excluding hydrogens is 380 g/mol. The highest BCUT2D eigenvalue weighted by molar-refractivity contribution is 9.10. The lowest BCUT2D eigenvalue weighted by Crippen LogP contribution is -2.35. The molecule has 1 aromatic carbocycles. The summed E-state index contributed by atoms with van der Waals surface area (Å²) in [6, 6.07) is 6.27. The van der Waals surface area contributed by atoms with Gasteiger partial charge in [0.2, 0.25) is 0 Å². The van der Waals surface area contributed by atoms with Crippen molar-refractivity contribution in [1.82, 2.24) is 19.9 Å². The fraction of sp³-hybridized carbons (Fsp3) is 0.368. The van der Waals surface area contributed by atoms with Gasteiger partial charge in [-0.05, 0) is 30.2 Å². The quantitative estimate of drug-likeness (QED) is 0.703. The van der Waals surface area contributed by atoms with Crippen LogP contribution in [0.2, 0.25) is 0 Å². The standard InChI is InChI=1S/C19H21BrN4O/c1-2-3-18-22-17-6-7-24(11-15(17)19(25)23-18)10-12-9-21-16-5-4-13(20)8-14(12)16/h4-5,8-9,21H,2-3,6-7,10-11H2,1H3,(H,22,23,25). The number of fused-ring (bicyclic) bond motifs is 2. The molecule has 130 valence electrons. The zero-order chi connectivity index (χ0) is 17.4. The first kappa shape index (κ1) is 16.5. The van der Waals surface area contributed by atoms with Crippen LogP contribution in [-0.4, -0.2) is 26.4 Å².